The van der Waals surface area contributed by atoms with Crippen LogP contribution >= 0.6 is 0 Å². The second kappa shape index (κ2) is 3.44. The van der Waals surface area contributed by atoms with Gasteiger partial charge in [-0.05, 0) is 33.6 Å². The van der Waals surface area contributed by atoms with E-state index in [0.717, 1.165) is 12.8 Å². The maximum atomic E-state index is 5.48. The molecule has 1 heteroatoms. The lowest BCUT2D eigenvalue weighted by molar-refractivity contribution is 0.320. The second-order valence-corrected chi connectivity index (χ2v) is 4.00. The molecule has 0 amide bonds. The first-order valence-electron chi connectivity index (χ1n) is 4.52. The molecule has 0 aliphatic carbocycles. The molecule has 1 fully saturated rings. The second-order valence-electron chi connectivity index (χ2n) is 4.00. The van der Waals surface area contributed by atoms with E-state index in [0.29, 0.717) is 6.10 Å². The van der Waals surface area contributed by atoms with E-state index in [-0.39, 0.29) is 5.60 Å². The van der Waals surface area contributed by atoms with Crippen molar-refractivity contribution in [2.75, 3.05) is 0 Å². The van der Waals surface area contributed by atoms with Gasteiger partial charge in [-0.3, -0.25) is 0 Å². The molecule has 0 aromatic carbocycles. The monoisotopic (exact) mass is 166 g/mol. The van der Waals surface area contributed by atoms with Crippen molar-refractivity contribution in [3.63, 3.8) is 0 Å². The summed E-state index contributed by atoms with van der Waals surface area (Å²) in [5.41, 5.74) is 1.53. The fourth-order valence-electron chi connectivity index (χ4n) is 1.38. The van der Waals surface area contributed by atoms with Crippen LogP contribution in [0.5, 0.6) is 0 Å². The van der Waals surface area contributed by atoms with Crippen molar-refractivity contribution in [1.29, 1.82) is 0 Å². The van der Waals surface area contributed by atoms with Crippen LogP contribution in [0, 0.1) is 0 Å². The number of rotatable bonds is 4. The topological polar surface area (TPSA) is 12.5 Å². The Bertz CT molecular complexity index is 201. The van der Waals surface area contributed by atoms with E-state index >= 15 is 0 Å². The zero-order valence-corrected chi connectivity index (χ0v) is 8.26. The van der Waals surface area contributed by atoms with Crippen molar-refractivity contribution in [1.82, 2.24) is 0 Å². The normalized spacial score (nSPS) is 26.9. The van der Waals surface area contributed by atoms with E-state index < -0.39 is 0 Å². The number of allylic oxidation sites excluding steroid dienone is 3. The average molecular weight is 166 g/mol. The molecule has 0 saturated carbocycles. The highest BCUT2D eigenvalue weighted by atomic mass is 16.6. The Morgan fingerprint density at radius 1 is 1.58 bits per heavy atom. The zero-order valence-electron chi connectivity index (χ0n) is 8.26. The Morgan fingerprint density at radius 2 is 2.17 bits per heavy atom. The SMILES string of the molecule is C=C/C=C(\C)CCC1OC1(C)C. The van der Waals surface area contributed by atoms with E-state index in [9.17, 15) is 0 Å². The number of hydrogen-bond acceptors (Lipinski definition) is 1. The van der Waals surface area contributed by atoms with Crippen molar-refractivity contribution in [3.05, 3.63) is 24.3 Å². The van der Waals surface area contributed by atoms with Crippen LogP contribution in [0.1, 0.15) is 33.6 Å². The highest BCUT2D eigenvalue weighted by molar-refractivity contribution is 5.09. The van der Waals surface area contributed by atoms with Crippen molar-refractivity contribution in [3.8, 4) is 0 Å². The third-order valence-electron chi connectivity index (χ3n) is 2.37. The summed E-state index contributed by atoms with van der Waals surface area (Å²) in [6.45, 7) is 10.1. The van der Waals surface area contributed by atoms with Gasteiger partial charge in [0.2, 0.25) is 0 Å². The summed E-state index contributed by atoms with van der Waals surface area (Å²) in [4.78, 5) is 0. The van der Waals surface area contributed by atoms with Crippen LogP contribution < -0.4 is 0 Å². The molecule has 1 heterocycles. The molecule has 1 aliphatic heterocycles. The summed E-state index contributed by atoms with van der Waals surface area (Å²) >= 11 is 0. The van der Waals surface area contributed by atoms with Crippen molar-refractivity contribution >= 4 is 0 Å². The minimum Gasteiger partial charge on any atom is -0.367 e. The molecule has 1 nitrogen and oxygen atoms in total. The van der Waals surface area contributed by atoms with Gasteiger partial charge in [-0.2, -0.15) is 0 Å². The van der Waals surface area contributed by atoms with Crippen LogP contribution in [-0.2, 0) is 4.74 Å². The third-order valence-corrected chi connectivity index (χ3v) is 2.37. The average Bonchev–Trinajstić information content (AvgIpc) is 2.56. The minimum atomic E-state index is 0.147. The van der Waals surface area contributed by atoms with Gasteiger partial charge in [0.25, 0.3) is 0 Å². The van der Waals surface area contributed by atoms with E-state index in [2.05, 4.69) is 33.4 Å². The molecule has 0 bridgehead atoms. The summed E-state index contributed by atoms with van der Waals surface area (Å²) < 4.78 is 5.48. The molecule has 1 rings (SSSR count). The highest BCUT2D eigenvalue weighted by Crippen LogP contribution is 2.38. The smallest absolute Gasteiger partial charge is 0.0892 e. The van der Waals surface area contributed by atoms with Crippen LogP contribution in [-0.4, -0.2) is 11.7 Å². The highest BCUT2D eigenvalue weighted by Gasteiger charge is 2.46. The summed E-state index contributed by atoms with van der Waals surface area (Å²) in [6.07, 6.45) is 6.65. The van der Waals surface area contributed by atoms with Crippen molar-refractivity contribution in [2.24, 2.45) is 0 Å². The Morgan fingerprint density at radius 3 is 2.58 bits per heavy atom. The fourth-order valence-corrected chi connectivity index (χ4v) is 1.38. The van der Waals surface area contributed by atoms with Gasteiger partial charge in [-0.25, -0.2) is 0 Å². The quantitative estimate of drug-likeness (QED) is 0.462. The van der Waals surface area contributed by atoms with Gasteiger partial charge in [0.15, 0.2) is 0 Å². The lowest BCUT2D eigenvalue weighted by Gasteiger charge is -1.98. The molecule has 1 unspecified atom stereocenters. The minimum absolute atomic E-state index is 0.147. The maximum absolute atomic E-state index is 5.48. The molecule has 0 aromatic rings. The van der Waals surface area contributed by atoms with E-state index in [1.807, 2.05) is 6.08 Å². The largest absolute Gasteiger partial charge is 0.367 e. The van der Waals surface area contributed by atoms with E-state index in [1.54, 1.807) is 0 Å². The van der Waals surface area contributed by atoms with Gasteiger partial charge >= 0.3 is 0 Å². The van der Waals surface area contributed by atoms with Gasteiger partial charge in [-0.15, -0.1) is 0 Å². The van der Waals surface area contributed by atoms with Crippen LogP contribution in [0.25, 0.3) is 0 Å². The molecule has 0 aromatic heterocycles. The van der Waals surface area contributed by atoms with Crippen LogP contribution in [0.2, 0.25) is 0 Å². The Labute approximate surface area is 75.1 Å². The molecule has 0 N–H and O–H groups in total. The van der Waals surface area contributed by atoms with Crippen LogP contribution in [0.3, 0.4) is 0 Å². The van der Waals surface area contributed by atoms with Crippen LogP contribution in [0.4, 0.5) is 0 Å². The standard InChI is InChI=1S/C11H18O/c1-5-6-9(2)7-8-10-11(3,4)12-10/h5-6,10H,1,7-8H2,2-4H3/b9-6+. The summed E-state index contributed by atoms with van der Waals surface area (Å²) in [5, 5.41) is 0. The van der Waals surface area contributed by atoms with Crippen molar-refractivity contribution < 1.29 is 4.74 Å². The Balaban J connectivity index is 2.19. The molecule has 0 spiro atoms. The van der Waals surface area contributed by atoms with Gasteiger partial charge in [-0.1, -0.05) is 24.3 Å². The summed E-state index contributed by atoms with van der Waals surface area (Å²) in [7, 11) is 0. The molecule has 1 atom stereocenters. The predicted octanol–water partition coefficient (Wildman–Crippen LogP) is 3.08. The van der Waals surface area contributed by atoms with Gasteiger partial charge in [0.05, 0.1) is 11.7 Å². The lowest BCUT2D eigenvalue weighted by atomic mass is 10.0. The maximum Gasteiger partial charge on any atom is 0.0892 e. The molecule has 0 radical (unpaired) electrons. The molecule has 1 aliphatic rings. The fraction of sp³-hybridized carbons (Fsp3) is 0.636. The first-order valence-corrected chi connectivity index (χ1v) is 4.52. The number of hydrogen-bond donors (Lipinski definition) is 0. The molecule has 12 heavy (non-hydrogen) atoms. The van der Waals surface area contributed by atoms with Gasteiger partial charge in [0, 0.05) is 0 Å². The molecular weight excluding hydrogens is 148 g/mol. The van der Waals surface area contributed by atoms with Crippen molar-refractivity contribution in [2.45, 2.75) is 45.3 Å². The first kappa shape index (κ1) is 9.53. The lowest BCUT2D eigenvalue weighted by Crippen LogP contribution is -2.02. The Kier molecular flexibility index (Phi) is 2.73. The summed E-state index contributed by atoms with van der Waals surface area (Å²) in [6, 6.07) is 0. The first-order chi connectivity index (χ1) is 5.56. The number of epoxide rings is 1. The van der Waals surface area contributed by atoms with Crippen LogP contribution in [0.15, 0.2) is 24.3 Å². The molecule has 68 valence electrons. The van der Waals surface area contributed by atoms with E-state index in [4.69, 9.17) is 4.74 Å². The van der Waals surface area contributed by atoms with Gasteiger partial charge in [0.1, 0.15) is 0 Å². The summed E-state index contributed by atoms with van der Waals surface area (Å²) in [5.74, 6) is 0. The molecular formula is C11H18O. The van der Waals surface area contributed by atoms with Gasteiger partial charge < -0.3 is 4.74 Å². The predicted molar refractivity (Wildman–Crippen MR) is 52.1 cm³/mol. The zero-order chi connectivity index (χ0) is 9.19. The Hall–Kier alpha value is -0.560. The third kappa shape index (κ3) is 2.49. The van der Waals surface area contributed by atoms with E-state index in [1.165, 1.54) is 5.57 Å². The molecule has 1 saturated heterocycles. The number of ether oxygens (including phenoxy) is 1.